The summed E-state index contributed by atoms with van der Waals surface area (Å²) in [5.41, 5.74) is 15.9. The second kappa shape index (κ2) is 20.3. The van der Waals surface area contributed by atoms with Crippen LogP contribution in [0, 0.1) is 17.8 Å². The zero-order valence-electron chi connectivity index (χ0n) is 22.1. The number of carbonyl (C=O) groups excluding carboxylic acids is 3. The molecule has 9 N–H and O–H groups in total. The van der Waals surface area contributed by atoms with Crippen molar-refractivity contribution in [2.24, 2.45) is 39.9 Å². The summed E-state index contributed by atoms with van der Waals surface area (Å²) in [5.74, 6) is -2.31. The Morgan fingerprint density at radius 1 is 0.848 bits per heavy atom. The van der Waals surface area contributed by atoms with Gasteiger partial charge < -0.3 is 32.9 Å². The van der Waals surface area contributed by atoms with E-state index in [1.54, 1.807) is 6.92 Å². The zero-order valence-corrected chi connectivity index (χ0v) is 22.1. The van der Waals surface area contributed by atoms with Gasteiger partial charge in [-0.15, -0.1) is 0 Å². The first-order valence-electron chi connectivity index (χ1n) is 12.0. The standard InChI is InChI=1S/C19H38N6O4.2C2H6/c1-10(2)9-14(25-17(28)12(5)15(26)11(3)4)18(29)24-13(16(20)27)7-6-8-23-19(21)22;2*1-2/h10-15,26H,6-9H2,1-5H3,(H2,20,27)(H,24,29)(H,25,28)(H4,21,22,23);2*1-2H3/t12-,13?,14-,15?;;/m0../s1. The maximum absolute atomic E-state index is 12.7. The molecule has 196 valence electrons. The fourth-order valence-electron chi connectivity index (χ4n) is 2.80. The first kappa shape index (κ1) is 35.2. The van der Waals surface area contributed by atoms with E-state index in [0.29, 0.717) is 19.4 Å². The van der Waals surface area contributed by atoms with E-state index < -0.39 is 41.8 Å². The Morgan fingerprint density at radius 2 is 1.33 bits per heavy atom. The number of nitrogens with one attached hydrogen (secondary N) is 2. The Balaban J connectivity index is -0.00000212. The third-order valence-electron chi connectivity index (χ3n) is 4.55. The van der Waals surface area contributed by atoms with E-state index in [1.807, 2.05) is 55.4 Å². The predicted molar refractivity (Wildman–Crippen MR) is 135 cm³/mol. The minimum atomic E-state index is -0.901. The van der Waals surface area contributed by atoms with Gasteiger partial charge in [-0.25, -0.2) is 0 Å². The van der Waals surface area contributed by atoms with Crippen molar-refractivity contribution in [3.8, 4) is 0 Å². The molecule has 10 heteroatoms. The molecule has 0 rings (SSSR count). The third kappa shape index (κ3) is 16.9. The second-order valence-corrected chi connectivity index (χ2v) is 8.13. The molecule has 33 heavy (non-hydrogen) atoms. The lowest BCUT2D eigenvalue weighted by atomic mass is 9.93. The summed E-state index contributed by atoms with van der Waals surface area (Å²) in [5, 5.41) is 15.4. The van der Waals surface area contributed by atoms with Crippen molar-refractivity contribution in [2.75, 3.05) is 6.54 Å². The lowest BCUT2D eigenvalue weighted by molar-refractivity contribution is -0.135. The molecule has 0 heterocycles. The number of guanidine groups is 1. The Bertz CT molecular complexity index is 577. The smallest absolute Gasteiger partial charge is 0.243 e. The fraction of sp³-hybridized carbons (Fsp3) is 0.826. The van der Waals surface area contributed by atoms with Crippen LogP contribution in [0.2, 0.25) is 0 Å². The summed E-state index contributed by atoms with van der Waals surface area (Å²) in [7, 11) is 0. The van der Waals surface area contributed by atoms with Crippen LogP contribution in [0.5, 0.6) is 0 Å². The molecule has 0 radical (unpaired) electrons. The Kier molecular flexibility index (Phi) is 21.6. The highest BCUT2D eigenvalue weighted by atomic mass is 16.3. The number of aliphatic hydroxyl groups is 1. The summed E-state index contributed by atoms with van der Waals surface area (Å²) in [4.78, 5) is 40.8. The minimum Gasteiger partial charge on any atom is -0.392 e. The van der Waals surface area contributed by atoms with E-state index in [-0.39, 0.29) is 24.2 Å². The molecule has 0 aromatic rings. The quantitative estimate of drug-likeness (QED) is 0.132. The summed E-state index contributed by atoms with van der Waals surface area (Å²) in [6.07, 6.45) is 0.265. The number of rotatable bonds is 13. The SMILES string of the molecule is CC.CC.CC(C)C[C@H](NC(=O)[C@@H](C)C(O)C(C)C)C(=O)NC(CCCN=C(N)N)C(N)=O. The van der Waals surface area contributed by atoms with E-state index in [1.165, 1.54) is 0 Å². The third-order valence-corrected chi connectivity index (χ3v) is 4.55. The van der Waals surface area contributed by atoms with Gasteiger partial charge in [-0.1, -0.05) is 62.3 Å². The van der Waals surface area contributed by atoms with Crippen LogP contribution >= 0.6 is 0 Å². The summed E-state index contributed by atoms with van der Waals surface area (Å²) >= 11 is 0. The number of nitrogens with two attached hydrogens (primary N) is 3. The molecule has 0 saturated heterocycles. The van der Waals surface area contributed by atoms with Gasteiger partial charge in [-0.3, -0.25) is 19.4 Å². The van der Waals surface area contributed by atoms with Gasteiger partial charge in [0.25, 0.3) is 0 Å². The lowest BCUT2D eigenvalue weighted by Crippen LogP contribution is -2.54. The summed E-state index contributed by atoms with van der Waals surface area (Å²) in [6, 6.07) is -1.74. The lowest BCUT2D eigenvalue weighted by Gasteiger charge is -2.26. The molecule has 0 spiro atoms. The molecule has 0 aliphatic heterocycles. The van der Waals surface area contributed by atoms with Crippen molar-refractivity contribution in [3.05, 3.63) is 0 Å². The first-order valence-corrected chi connectivity index (χ1v) is 12.0. The Hall–Kier alpha value is -2.36. The number of hydrogen-bond acceptors (Lipinski definition) is 5. The monoisotopic (exact) mass is 474 g/mol. The van der Waals surface area contributed by atoms with E-state index in [9.17, 15) is 19.5 Å². The number of aliphatic imine (C=N–C) groups is 1. The summed E-state index contributed by atoms with van der Waals surface area (Å²) in [6.45, 7) is 17.4. The number of nitrogens with zero attached hydrogens (tertiary/aromatic N) is 1. The number of carbonyl (C=O) groups is 3. The van der Waals surface area contributed by atoms with Crippen LogP contribution in [-0.2, 0) is 14.4 Å². The molecule has 0 saturated carbocycles. The molecule has 0 bridgehead atoms. The van der Waals surface area contributed by atoms with Gasteiger partial charge in [0.15, 0.2) is 5.96 Å². The maximum atomic E-state index is 12.7. The topological polar surface area (TPSA) is 186 Å². The number of hydrogen-bond donors (Lipinski definition) is 6. The molecule has 4 atom stereocenters. The van der Waals surface area contributed by atoms with Crippen LogP contribution < -0.4 is 27.8 Å². The fourth-order valence-corrected chi connectivity index (χ4v) is 2.80. The van der Waals surface area contributed by atoms with Gasteiger partial charge in [0.2, 0.25) is 17.7 Å². The summed E-state index contributed by atoms with van der Waals surface area (Å²) < 4.78 is 0. The second-order valence-electron chi connectivity index (χ2n) is 8.13. The molecule has 10 nitrogen and oxygen atoms in total. The average Bonchev–Trinajstić information content (AvgIpc) is 2.76. The molecular formula is C23H50N6O4. The molecule has 0 aromatic heterocycles. The molecule has 0 fully saturated rings. The molecule has 2 unspecified atom stereocenters. The minimum absolute atomic E-state index is 0.0536. The highest BCUT2D eigenvalue weighted by Gasteiger charge is 2.30. The van der Waals surface area contributed by atoms with Crippen LogP contribution in [0.15, 0.2) is 4.99 Å². The molecule has 0 aromatic carbocycles. The maximum Gasteiger partial charge on any atom is 0.243 e. The van der Waals surface area contributed by atoms with E-state index in [2.05, 4.69) is 15.6 Å². The Labute approximate surface area is 200 Å². The van der Waals surface area contributed by atoms with E-state index in [0.717, 1.165) is 0 Å². The van der Waals surface area contributed by atoms with Crippen LogP contribution in [0.25, 0.3) is 0 Å². The zero-order chi connectivity index (χ0) is 26.7. The van der Waals surface area contributed by atoms with Gasteiger partial charge in [-0.05, 0) is 31.1 Å². The van der Waals surface area contributed by atoms with Crippen molar-refractivity contribution >= 4 is 23.7 Å². The number of primary amides is 1. The van der Waals surface area contributed by atoms with Crippen molar-refractivity contribution < 1.29 is 19.5 Å². The van der Waals surface area contributed by atoms with Crippen molar-refractivity contribution in [1.29, 1.82) is 0 Å². The number of aliphatic hydroxyl groups excluding tert-OH is 1. The normalized spacial score (nSPS) is 13.8. The average molecular weight is 475 g/mol. The van der Waals surface area contributed by atoms with Crippen LogP contribution in [0.1, 0.15) is 81.6 Å². The van der Waals surface area contributed by atoms with Crippen LogP contribution in [0.4, 0.5) is 0 Å². The molecule has 0 aliphatic rings. The van der Waals surface area contributed by atoms with E-state index >= 15 is 0 Å². The predicted octanol–water partition coefficient (Wildman–Crippen LogP) is 1.25. The highest BCUT2D eigenvalue weighted by molar-refractivity contribution is 5.92. The number of amides is 3. The van der Waals surface area contributed by atoms with Gasteiger partial charge in [0.05, 0.1) is 12.0 Å². The van der Waals surface area contributed by atoms with E-state index in [4.69, 9.17) is 17.2 Å². The largest absolute Gasteiger partial charge is 0.392 e. The molecule has 3 amide bonds. The first-order chi connectivity index (χ1) is 15.4. The van der Waals surface area contributed by atoms with Crippen molar-refractivity contribution in [3.63, 3.8) is 0 Å². The molecular weight excluding hydrogens is 424 g/mol. The van der Waals surface area contributed by atoms with Crippen LogP contribution in [0.3, 0.4) is 0 Å². The van der Waals surface area contributed by atoms with Gasteiger partial charge >= 0.3 is 0 Å². The molecule has 0 aliphatic carbocycles. The highest BCUT2D eigenvalue weighted by Crippen LogP contribution is 2.14. The van der Waals surface area contributed by atoms with Gasteiger partial charge in [0, 0.05) is 6.54 Å². The van der Waals surface area contributed by atoms with Gasteiger partial charge in [0.1, 0.15) is 12.1 Å². The van der Waals surface area contributed by atoms with Crippen molar-refractivity contribution in [1.82, 2.24) is 10.6 Å². The van der Waals surface area contributed by atoms with Gasteiger partial charge in [-0.2, -0.15) is 0 Å². The van der Waals surface area contributed by atoms with Crippen LogP contribution in [-0.4, -0.2) is 53.5 Å². The van der Waals surface area contributed by atoms with Crippen molar-refractivity contribution in [2.45, 2.75) is 99.8 Å². The Morgan fingerprint density at radius 3 is 1.73 bits per heavy atom.